The van der Waals surface area contributed by atoms with E-state index < -0.39 is 71.8 Å². The number of methoxy groups -OCH3 is 1. The number of alkyl halides is 7. The maximum atomic E-state index is 14.7. The van der Waals surface area contributed by atoms with Crippen LogP contribution < -0.4 is 15.8 Å². The Bertz CT molecular complexity index is 1470. The largest absolute Gasteiger partial charge is 0.480 e. The fourth-order valence-electron chi connectivity index (χ4n) is 4.24. The van der Waals surface area contributed by atoms with Crippen LogP contribution >= 0.6 is 0 Å². The third-order valence-corrected chi connectivity index (χ3v) is 6.57. The van der Waals surface area contributed by atoms with Crippen LogP contribution in [0.2, 0.25) is 0 Å². The monoisotopic (exact) mass is 577 g/mol. The van der Waals surface area contributed by atoms with Crippen LogP contribution in [0.4, 0.5) is 36.6 Å². The molecule has 216 valence electrons. The maximum Gasteiger partial charge on any atom is 0.418 e. The van der Waals surface area contributed by atoms with Gasteiger partial charge >= 0.3 is 12.4 Å². The highest BCUT2D eigenvalue weighted by molar-refractivity contribution is 5.98. The van der Waals surface area contributed by atoms with Crippen molar-refractivity contribution >= 4 is 23.1 Å². The average Bonchev–Trinajstić information content (AvgIpc) is 3.44. The number of nitrogen functional groups attached to an aromatic ring is 1. The van der Waals surface area contributed by atoms with E-state index in [1.54, 1.807) is 0 Å². The highest BCUT2D eigenvalue weighted by atomic mass is 19.4. The fourth-order valence-corrected chi connectivity index (χ4v) is 4.24. The Kier molecular flexibility index (Phi) is 7.04. The number of halogens is 7. The van der Waals surface area contributed by atoms with E-state index in [9.17, 15) is 40.3 Å². The van der Waals surface area contributed by atoms with Gasteiger partial charge in [0.05, 0.1) is 31.0 Å². The van der Waals surface area contributed by atoms with Crippen LogP contribution in [0.1, 0.15) is 29.8 Å². The molecule has 4 heterocycles. The molecule has 0 bridgehead atoms. The third kappa shape index (κ3) is 4.95. The number of likely N-dealkylation sites (tertiary alicyclic amines) is 1. The number of ether oxygens (including phenoxy) is 1. The molecule has 1 aliphatic rings. The maximum absolute atomic E-state index is 14.7. The second-order valence-corrected chi connectivity index (χ2v) is 9.56. The standard InChI is InChI=1S/C23H22F7N7O3/c1-21(2,23(28,29)30)20(39)36-7-13(24)14(8-36)35-18(38)11-4-10(6-32-19(11)40-3)15-5-12(22(25,26)27)16-17(31)33-9-34-37(15)16/h4-6,9,13-14H,7-8H2,1-3H3,(H,35,38)(H2,31,33,34)/t13-,14+/m0/s1. The molecule has 0 radical (unpaired) electrons. The lowest BCUT2D eigenvalue weighted by molar-refractivity contribution is -0.216. The van der Waals surface area contributed by atoms with Crippen molar-refractivity contribution in [2.75, 3.05) is 25.9 Å². The summed E-state index contributed by atoms with van der Waals surface area (Å²) in [4.78, 5) is 33.8. The number of nitrogens with zero attached hydrogens (tertiary/aromatic N) is 5. The molecule has 40 heavy (non-hydrogen) atoms. The third-order valence-electron chi connectivity index (χ3n) is 6.57. The number of fused-ring (bicyclic) bond motifs is 1. The summed E-state index contributed by atoms with van der Waals surface area (Å²) in [7, 11) is 1.16. The summed E-state index contributed by atoms with van der Waals surface area (Å²) in [6, 6.07) is 0.484. The van der Waals surface area contributed by atoms with Gasteiger partial charge in [-0.05, 0) is 26.0 Å². The first-order valence-electron chi connectivity index (χ1n) is 11.5. The molecule has 17 heteroatoms. The summed E-state index contributed by atoms with van der Waals surface area (Å²) in [5.41, 5.74) is 0.710. The summed E-state index contributed by atoms with van der Waals surface area (Å²) in [6.45, 7) is 0.112. The minimum absolute atomic E-state index is 0.0264. The molecule has 3 aromatic heterocycles. The van der Waals surface area contributed by atoms with E-state index in [1.165, 1.54) is 0 Å². The highest BCUT2D eigenvalue weighted by Gasteiger charge is 2.55. The van der Waals surface area contributed by atoms with Gasteiger partial charge in [-0.15, -0.1) is 0 Å². The predicted molar refractivity (Wildman–Crippen MR) is 125 cm³/mol. The second-order valence-electron chi connectivity index (χ2n) is 9.56. The Labute approximate surface area is 221 Å². The van der Waals surface area contributed by atoms with Crippen LogP contribution in [0.25, 0.3) is 16.8 Å². The molecule has 3 aromatic rings. The summed E-state index contributed by atoms with van der Waals surface area (Å²) < 4.78 is 102. The zero-order valence-electron chi connectivity index (χ0n) is 21.1. The number of aromatic nitrogens is 4. The van der Waals surface area contributed by atoms with Crippen molar-refractivity contribution in [2.24, 2.45) is 5.41 Å². The predicted octanol–water partition coefficient (Wildman–Crippen LogP) is 3.27. The zero-order chi connectivity index (χ0) is 29.8. The second kappa shape index (κ2) is 9.78. The van der Waals surface area contributed by atoms with E-state index in [0.29, 0.717) is 18.7 Å². The van der Waals surface area contributed by atoms with Crippen molar-refractivity contribution < 1.29 is 45.1 Å². The first-order valence-corrected chi connectivity index (χ1v) is 11.5. The number of anilines is 1. The number of hydrogen-bond donors (Lipinski definition) is 2. The van der Waals surface area contributed by atoms with Gasteiger partial charge in [-0.25, -0.2) is 18.9 Å². The topological polar surface area (TPSA) is 128 Å². The van der Waals surface area contributed by atoms with Crippen molar-refractivity contribution in [3.05, 3.63) is 35.8 Å². The van der Waals surface area contributed by atoms with Gasteiger partial charge in [0, 0.05) is 18.3 Å². The summed E-state index contributed by atoms with van der Waals surface area (Å²) in [5.74, 6) is -3.07. The Balaban J connectivity index is 1.65. The molecule has 0 spiro atoms. The first kappa shape index (κ1) is 28.8. The van der Waals surface area contributed by atoms with Gasteiger partial charge in [0.2, 0.25) is 11.8 Å². The quantitative estimate of drug-likeness (QED) is 0.446. The van der Waals surface area contributed by atoms with Crippen LogP contribution in [0, 0.1) is 5.41 Å². The lowest BCUT2D eigenvalue weighted by Crippen LogP contribution is -2.49. The Morgan fingerprint density at radius 1 is 1.10 bits per heavy atom. The van der Waals surface area contributed by atoms with Crippen molar-refractivity contribution in [1.29, 1.82) is 0 Å². The average molecular weight is 577 g/mol. The van der Waals surface area contributed by atoms with E-state index in [2.05, 4.69) is 20.4 Å². The lowest BCUT2D eigenvalue weighted by Gasteiger charge is -2.30. The Hall–Kier alpha value is -4.18. The Morgan fingerprint density at radius 2 is 1.77 bits per heavy atom. The molecule has 0 aromatic carbocycles. The van der Waals surface area contributed by atoms with Crippen LogP contribution in [-0.2, 0) is 11.0 Å². The molecule has 1 aliphatic heterocycles. The van der Waals surface area contributed by atoms with Gasteiger partial charge < -0.3 is 20.7 Å². The molecule has 2 amide bonds. The van der Waals surface area contributed by atoms with E-state index in [0.717, 1.165) is 36.3 Å². The van der Waals surface area contributed by atoms with Gasteiger partial charge in [0.1, 0.15) is 29.0 Å². The summed E-state index contributed by atoms with van der Waals surface area (Å²) >= 11 is 0. The molecule has 2 atom stereocenters. The van der Waals surface area contributed by atoms with Crippen molar-refractivity contribution in [3.8, 4) is 17.1 Å². The molecule has 0 aliphatic carbocycles. The molecule has 4 rings (SSSR count). The normalized spacial score (nSPS) is 18.3. The lowest BCUT2D eigenvalue weighted by atomic mass is 9.91. The number of carbonyl (C=O) groups is 2. The molecule has 0 saturated carbocycles. The van der Waals surface area contributed by atoms with Crippen LogP contribution in [-0.4, -0.2) is 74.9 Å². The van der Waals surface area contributed by atoms with Crippen molar-refractivity contribution in [3.63, 3.8) is 0 Å². The van der Waals surface area contributed by atoms with Crippen LogP contribution in [0.3, 0.4) is 0 Å². The minimum Gasteiger partial charge on any atom is -0.480 e. The first-order chi connectivity index (χ1) is 18.5. The van der Waals surface area contributed by atoms with Crippen LogP contribution in [0.5, 0.6) is 5.88 Å². The van der Waals surface area contributed by atoms with Crippen molar-refractivity contribution in [1.82, 2.24) is 29.8 Å². The van der Waals surface area contributed by atoms with E-state index in [4.69, 9.17) is 10.5 Å². The molecule has 10 nitrogen and oxygen atoms in total. The molecule has 1 fully saturated rings. The summed E-state index contributed by atoms with van der Waals surface area (Å²) in [5, 5.41) is 6.13. The van der Waals surface area contributed by atoms with E-state index in [1.807, 2.05) is 0 Å². The minimum atomic E-state index is -4.89. The SMILES string of the molecule is COc1ncc(-c2cc(C(F)(F)F)c3c(N)ncnn23)cc1C(=O)N[C@@H]1CN(C(=O)C(C)(C)C(F)(F)F)C[C@@H]1F. The highest BCUT2D eigenvalue weighted by Crippen LogP contribution is 2.40. The number of nitrogens with two attached hydrogens (primary N) is 1. The molecular formula is C23H22F7N7O3. The fraction of sp³-hybridized carbons (Fsp3) is 0.435. The molecular weight excluding hydrogens is 555 g/mol. The number of pyridine rings is 1. The van der Waals surface area contributed by atoms with Crippen LogP contribution in [0.15, 0.2) is 24.7 Å². The van der Waals surface area contributed by atoms with Gasteiger partial charge in [-0.3, -0.25) is 9.59 Å². The van der Waals surface area contributed by atoms with Gasteiger partial charge in [0.25, 0.3) is 5.91 Å². The zero-order valence-corrected chi connectivity index (χ0v) is 21.1. The van der Waals surface area contributed by atoms with E-state index >= 15 is 0 Å². The number of hydrogen-bond acceptors (Lipinski definition) is 7. The van der Waals surface area contributed by atoms with Gasteiger partial charge in [0.15, 0.2) is 5.82 Å². The smallest absolute Gasteiger partial charge is 0.418 e. The number of amides is 2. The van der Waals surface area contributed by atoms with E-state index in [-0.39, 0.29) is 22.7 Å². The van der Waals surface area contributed by atoms with Crippen molar-refractivity contribution in [2.45, 2.75) is 38.4 Å². The number of rotatable bonds is 5. The van der Waals surface area contributed by atoms with Gasteiger partial charge in [-0.2, -0.15) is 31.4 Å². The number of nitrogens with one attached hydrogen (secondary N) is 1. The Morgan fingerprint density at radius 3 is 2.38 bits per heavy atom. The molecule has 0 unspecified atom stereocenters. The van der Waals surface area contributed by atoms with Gasteiger partial charge in [-0.1, -0.05) is 0 Å². The molecule has 3 N–H and O–H groups in total. The summed E-state index contributed by atoms with van der Waals surface area (Å²) in [6.07, 6.45) is -9.57. The molecule has 1 saturated heterocycles. The number of carbonyl (C=O) groups excluding carboxylic acids is 2.